The molecule has 0 saturated carbocycles. The zero-order chi connectivity index (χ0) is 49.8. The molecule has 2 heterocycles. The van der Waals surface area contributed by atoms with Gasteiger partial charge in [0.1, 0.15) is 11.2 Å². The van der Waals surface area contributed by atoms with E-state index in [1.54, 1.807) is 18.2 Å². The quantitative estimate of drug-likeness (QED) is 0.159. The molecule has 0 radical (unpaired) electrons. The summed E-state index contributed by atoms with van der Waals surface area (Å²) in [7, 11) is 0. The Balaban J connectivity index is 1.10. The van der Waals surface area contributed by atoms with E-state index >= 15 is 0 Å². The van der Waals surface area contributed by atoms with Gasteiger partial charge in [0.2, 0.25) is 0 Å². The Morgan fingerprint density at radius 3 is 1.98 bits per heavy atom. The molecule has 65 heavy (non-hydrogen) atoms. The van der Waals surface area contributed by atoms with Gasteiger partial charge in [0.25, 0.3) is 0 Å². The van der Waals surface area contributed by atoms with Crippen LogP contribution in [0, 0.1) is 0 Å². The highest BCUT2D eigenvalue weighted by Gasteiger charge is 2.22. The van der Waals surface area contributed by atoms with E-state index in [1.807, 2.05) is 164 Å². The first-order chi connectivity index (χ1) is 35.6. The van der Waals surface area contributed by atoms with Crippen LogP contribution in [0.25, 0.3) is 104 Å². The Hall–Kier alpha value is -8.66. The van der Waals surface area contributed by atoms with Crippen LogP contribution in [0.3, 0.4) is 0 Å². The van der Waals surface area contributed by atoms with Crippen LogP contribution in [-0.4, -0.2) is 4.57 Å². The third-order valence-corrected chi connectivity index (χ3v) is 12.5. The standard InChI is InChI=1S/C62H40N2O/c1-2-20-49(21-3-1)64-56-26-9-8-24-54(56)60-52(25-12-27-57(60)64)48-19-11-22-51(40-48)63(58-28-13-29-59-61(58)55-37-34-43-15-6-7-23-53(43)62(55)65-59)50-35-32-42(33-36-50)45-17-10-18-46(38-45)47-31-30-41-14-4-5-16-44(41)39-47/h1-40H/i11D,19D,22D,32D,33D,35D,36D,40D. The van der Waals surface area contributed by atoms with Gasteiger partial charge in [0.05, 0.1) is 33.1 Å². The molecule has 304 valence electrons. The van der Waals surface area contributed by atoms with Crippen molar-refractivity contribution in [1.82, 2.24) is 4.57 Å². The van der Waals surface area contributed by atoms with Crippen molar-refractivity contribution in [3.8, 4) is 39.1 Å². The van der Waals surface area contributed by atoms with Gasteiger partial charge in [-0.05, 0) is 128 Å². The molecule has 3 nitrogen and oxygen atoms in total. The molecule has 0 aliphatic heterocycles. The monoisotopic (exact) mass is 836 g/mol. The van der Waals surface area contributed by atoms with Crippen LogP contribution in [0.4, 0.5) is 17.1 Å². The molecule has 0 spiro atoms. The van der Waals surface area contributed by atoms with E-state index in [-0.39, 0.29) is 46.7 Å². The molecule has 0 saturated heterocycles. The van der Waals surface area contributed by atoms with Crippen LogP contribution in [0.15, 0.2) is 247 Å². The second-order valence-corrected chi connectivity index (χ2v) is 16.2. The molecule has 0 unspecified atom stereocenters. The van der Waals surface area contributed by atoms with Crippen molar-refractivity contribution in [2.45, 2.75) is 0 Å². The first kappa shape index (κ1) is 29.6. The van der Waals surface area contributed by atoms with Crippen LogP contribution in [0.5, 0.6) is 0 Å². The van der Waals surface area contributed by atoms with E-state index in [9.17, 15) is 11.0 Å². The number of fused-ring (bicyclic) bond motifs is 9. The fourth-order valence-electron chi connectivity index (χ4n) is 9.52. The smallest absolute Gasteiger partial charge is 0.143 e. The Morgan fingerprint density at radius 2 is 1.11 bits per heavy atom. The van der Waals surface area contributed by atoms with E-state index in [0.29, 0.717) is 38.8 Å². The van der Waals surface area contributed by atoms with Crippen LogP contribution >= 0.6 is 0 Å². The Labute approximate surface area is 387 Å². The lowest BCUT2D eigenvalue weighted by Gasteiger charge is -2.27. The van der Waals surface area contributed by atoms with Gasteiger partial charge in [-0.15, -0.1) is 0 Å². The van der Waals surface area contributed by atoms with E-state index in [2.05, 4.69) is 16.7 Å². The van der Waals surface area contributed by atoms with Crippen LogP contribution < -0.4 is 4.90 Å². The summed E-state index contributed by atoms with van der Waals surface area (Å²) in [6.07, 6.45) is 0. The maximum Gasteiger partial charge on any atom is 0.143 e. The van der Waals surface area contributed by atoms with Gasteiger partial charge in [-0.1, -0.05) is 164 Å². The summed E-state index contributed by atoms with van der Waals surface area (Å²) in [4.78, 5) is 1.43. The lowest BCUT2D eigenvalue weighted by molar-refractivity contribution is 0.672. The van der Waals surface area contributed by atoms with Gasteiger partial charge >= 0.3 is 0 Å². The van der Waals surface area contributed by atoms with Crippen molar-refractivity contribution in [2.75, 3.05) is 4.90 Å². The summed E-state index contributed by atoms with van der Waals surface area (Å²) in [5.41, 5.74) is 6.46. The fourth-order valence-corrected chi connectivity index (χ4v) is 9.52. The van der Waals surface area contributed by atoms with Gasteiger partial charge in [-0.2, -0.15) is 0 Å². The van der Waals surface area contributed by atoms with Gasteiger partial charge in [0, 0.05) is 38.6 Å². The zero-order valence-electron chi connectivity index (χ0n) is 42.8. The minimum Gasteiger partial charge on any atom is -0.455 e. The number of hydrogen-bond acceptors (Lipinski definition) is 2. The van der Waals surface area contributed by atoms with Crippen molar-refractivity contribution in [3.63, 3.8) is 0 Å². The number of rotatable bonds is 7. The highest BCUT2D eigenvalue weighted by molar-refractivity contribution is 6.20. The maximum atomic E-state index is 10.4. The van der Waals surface area contributed by atoms with E-state index < -0.39 is 24.2 Å². The number of furan rings is 1. The van der Waals surface area contributed by atoms with Gasteiger partial charge in [0.15, 0.2) is 0 Å². The third kappa shape index (κ3) is 6.12. The zero-order valence-corrected chi connectivity index (χ0v) is 34.8. The minimum absolute atomic E-state index is 0.0789. The largest absolute Gasteiger partial charge is 0.455 e. The Morgan fingerprint density at radius 1 is 0.415 bits per heavy atom. The highest BCUT2D eigenvalue weighted by atomic mass is 16.3. The number of hydrogen-bond donors (Lipinski definition) is 0. The van der Waals surface area contributed by atoms with Gasteiger partial charge < -0.3 is 13.9 Å². The average molecular weight is 837 g/mol. The normalized spacial score (nSPS) is 13.4. The number of nitrogens with zero attached hydrogens (tertiary/aromatic N) is 2. The van der Waals surface area contributed by atoms with E-state index in [4.69, 9.17) is 4.42 Å². The number of para-hydroxylation sites is 2. The summed E-state index contributed by atoms with van der Waals surface area (Å²) < 4.78 is 87.6. The lowest BCUT2D eigenvalue weighted by Crippen LogP contribution is -2.10. The summed E-state index contributed by atoms with van der Waals surface area (Å²) in [6, 6.07) is 59.3. The molecule has 0 N–H and O–H groups in total. The van der Waals surface area contributed by atoms with Crippen molar-refractivity contribution in [3.05, 3.63) is 242 Å². The molecule has 0 bridgehead atoms. The maximum absolute atomic E-state index is 10.4. The molecule has 0 aliphatic carbocycles. The molecule has 0 atom stereocenters. The summed E-state index contributed by atoms with van der Waals surface area (Å²) in [5.74, 6) is 0. The molecule has 13 aromatic rings. The van der Waals surface area contributed by atoms with Crippen LogP contribution in [0.2, 0.25) is 0 Å². The number of anilines is 3. The molecule has 0 amide bonds. The minimum atomic E-state index is -0.489. The Bertz CT molecular complexity index is 4420. The average Bonchev–Trinajstić information content (AvgIpc) is 3.99. The first-order valence-corrected chi connectivity index (χ1v) is 21.6. The summed E-state index contributed by atoms with van der Waals surface area (Å²) in [5, 5.41) is 6.79. The molecule has 11 aromatic carbocycles. The van der Waals surface area contributed by atoms with E-state index in [0.717, 1.165) is 60.2 Å². The van der Waals surface area contributed by atoms with Crippen molar-refractivity contribution < 1.29 is 15.4 Å². The molecular formula is C62H40N2O. The van der Waals surface area contributed by atoms with Gasteiger partial charge in [-0.3, -0.25) is 0 Å². The second kappa shape index (κ2) is 15.0. The number of benzene rings is 11. The van der Waals surface area contributed by atoms with Crippen LogP contribution in [-0.2, 0) is 0 Å². The highest BCUT2D eigenvalue weighted by Crippen LogP contribution is 2.46. The lowest BCUT2D eigenvalue weighted by atomic mass is 9.97. The first-order valence-electron chi connectivity index (χ1n) is 25.6. The third-order valence-electron chi connectivity index (χ3n) is 12.5. The van der Waals surface area contributed by atoms with Crippen molar-refractivity contribution in [1.29, 1.82) is 0 Å². The van der Waals surface area contributed by atoms with Crippen LogP contribution in [0.1, 0.15) is 11.0 Å². The molecule has 3 heteroatoms. The molecule has 13 rings (SSSR count). The molecule has 2 aromatic heterocycles. The van der Waals surface area contributed by atoms with Crippen molar-refractivity contribution in [2.24, 2.45) is 0 Å². The number of aromatic nitrogens is 1. The molecular weight excluding hydrogens is 789 g/mol. The summed E-state index contributed by atoms with van der Waals surface area (Å²) in [6.45, 7) is 0. The Kier molecular flexibility index (Phi) is 6.84. The van der Waals surface area contributed by atoms with E-state index in [1.165, 1.54) is 4.90 Å². The fraction of sp³-hybridized carbons (Fsp3) is 0. The van der Waals surface area contributed by atoms with Gasteiger partial charge in [-0.25, -0.2) is 0 Å². The summed E-state index contributed by atoms with van der Waals surface area (Å²) >= 11 is 0. The SMILES string of the molecule is [2H]c1c([2H])c(-c2cccc3c2c2ccccc2n3-c2ccccc2)c([2H])c(N(c2c([2H])c([2H])c(-c3cccc(-c4ccc5ccccc5c4)c3)c([2H])c2[2H])c2cccc3oc4c5ccccc5ccc4c23)c1[2H]. The molecule has 0 fully saturated rings. The molecule has 0 aliphatic rings. The second-order valence-electron chi connectivity index (χ2n) is 16.2. The predicted octanol–water partition coefficient (Wildman–Crippen LogP) is 17.5. The topological polar surface area (TPSA) is 21.3 Å². The van der Waals surface area contributed by atoms with Crippen molar-refractivity contribution >= 4 is 82.4 Å². The predicted molar refractivity (Wildman–Crippen MR) is 274 cm³/mol.